The van der Waals surface area contributed by atoms with E-state index in [4.69, 9.17) is 0 Å². The van der Waals surface area contributed by atoms with E-state index in [1.165, 1.54) is 24.3 Å². The first kappa shape index (κ1) is 18.3. The second-order valence-corrected chi connectivity index (χ2v) is 6.15. The van der Waals surface area contributed by atoms with Gasteiger partial charge in [-0.05, 0) is 73.2 Å². The third-order valence-corrected chi connectivity index (χ3v) is 4.22. The van der Waals surface area contributed by atoms with Crippen LogP contribution in [0.2, 0.25) is 0 Å². The number of aryl methyl sites for hydroxylation is 2. The maximum Gasteiger partial charge on any atom is 0.193 e. The monoisotopic (exact) mass is 330 g/mol. The molecule has 1 nitrogen and oxygen atoms in total. The Morgan fingerprint density at radius 1 is 0.792 bits per heavy atom. The van der Waals surface area contributed by atoms with E-state index in [2.05, 4.69) is 0 Å². The first-order chi connectivity index (χ1) is 11.6. The molecular formula is C21H24F2O. The van der Waals surface area contributed by atoms with Crippen molar-refractivity contribution in [2.75, 3.05) is 0 Å². The molecule has 0 aromatic heterocycles. The Bertz CT molecular complexity index is 647. The van der Waals surface area contributed by atoms with E-state index in [1.807, 2.05) is 13.8 Å². The third-order valence-electron chi connectivity index (χ3n) is 4.22. The van der Waals surface area contributed by atoms with E-state index in [0.29, 0.717) is 35.1 Å². The van der Waals surface area contributed by atoms with Crippen LogP contribution in [0.1, 0.15) is 66.6 Å². The Labute approximate surface area is 142 Å². The zero-order valence-corrected chi connectivity index (χ0v) is 14.4. The van der Waals surface area contributed by atoms with Gasteiger partial charge in [-0.1, -0.05) is 26.7 Å². The van der Waals surface area contributed by atoms with Crippen molar-refractivity contribution in [2.45, 2.75) is 52.4 Å². The molecule has 0 aliphatic heterocycles. The van der Waals surface area contributed by atoms with Crippen molar-refractivity contribution in [1.82, 2.24) is 0 Å². The van der Waals surface area contributed by atoms with Crippen molar-refractivity contribution in [1.29, 1.82) is 0 Å². The van der Waals surface area contributed by atoms with Crippen molar-refractivity contribution in [3.05, 3.63) is 70.3 Å². The average Bonchev–Trinajstić information content (AvgIpc) is 2.59. The number of ketones is 1. The van der Waals surface area contributed by atoms with Gasteiger partial charge in [0.05, 0.1) is 0 Å². The maximum atomic E-state index is 13.9. The van der Waals surface area contributed by atoms with E-state index in [0.717, 1.165) is 25.7 Å². The minimum absolute atomic E-state index is 0.189. The molecule has 2 aromatic rings. The minimum atomic E-state index is -0.275. The molecule has 0 unspecified atom stereocenters. The highest BCUT2D eigenvalue weighted by molar-refractivity contribution is 6.09. The highest BCUT2D eigenvalue weighted by Crippen LogP contribution is 2.19. The van der Waals surface area contributed by atoms with Gasteiger partial charge in [0.1, 0.15) is 11.6 Å². The van der Waals surface area contributed by atoms with Crippen molar-refractivity contribution in [3.63, 3.8) is 0 Å². The molecular weight excluding hydrogens is 306 g/mol. The number of carbonyl (C=O) groups excluding carboxylic acids is 1. The van der Waals surface area contributed by atoms with Crippen LogP contribution in [0.25, 0.3) is 0 Å². The van der Waals surface area contributed by atoms with Gasteiger partial charge in [0.25, 0.3) is 0 Å². The standard InChI is InChI=1S/C21H24F2O/c1-3-5-7-15-13-17(9-11-19(15)22)21(24)18-10-12-20(23)16(14-18)8-6-4-2/h9-14H,3-8H2,1-2H3. The van der Waals surface area contributed by atoms with Crippen molar-refractivity contribution in [2.24, 2.45) is 0 Å². The van der Waals surface area contributed by atoms with Crippen LogP contribution >= 0.6 is 0 Å². The predicted octanol–water partition coefficient (Wildman–Crippen LogP) is 5.88. The van der Waals surface area contributed by atoms with E-state index in [9.17, 15) is 13.6 Å². The first-order valence-corrected chi connectivity index (χ1v) is 8.68. The van der Waals surface area contributed by atoms with Crippen LogP contribution in [0.4, 0.5) is 8.78 Å². The second-order valence-electron chi connectivity index (χ2n) is 6.15. The highest BCUT2D eigenvalue weighted by Gasteiger charge is 2.14. The van der Waals surface area contributed by atoms with Crippen molar-refractivity contribution >= 4 is 5.78 Å². The summed E-state index contributed by atoms with van der Waals surface area (Å²) in [6, 6.07) is 8.95. The topological polar surface area (TPSA) is 17.1 Å². The lowest BCUT2D eigenvalue weighted by molar-refractivity contribution is 0.103. The summed E-state index contributed by atoms with van der Waals surface area (Å²) < 4.78 is 27.7. The van der Waals surface area contributed by atoms with E-state index in [-0.39, 0.29) is 17.4 Å². The molecule has 0 fully saturated rings. The molecule has 0 aliphatic carbocycles. The third kappa shape index (κ3) is 4.50. The van der Waals surface area contributed by atoms with Gasteiger partial charge in [-0.3, -0.25) is 4.79 Å². The molecule has 0 spiro atoms. The average molecular weight is 330 g/mol. The minimum Gasteiger partial charge on any atom is -0.289 e. The summed E-state index contributed by atoms with van der Waals surface area (Å²) in [5, 5.41) is 0. The van der Waals surface area contributed by atoms with Crippen molar-refractivity contribution in [3.8, 4) is 0 Å². The molecule has 0 saturated heterocycles. The van der Waals surface area contributed by atoms with Gasteiger partial charge in [0.2, 0.25) is 0 Å². The summed E-state index contributed by atoms with van der Waals surface area (Å²) in [5.41, 5.74) is 2.04. The largest absolute Gasteiger partial charge is 0.289 e. The highest BCUT2D eigenvalue weighted by atomic mass is 19.1. The van der Waals surface area contributed by atoms with Gasteiger partial charge in [-0.2, -0.15) is 0 Å². The molecule has 3 heteroatoms. The summed E-state index contributed by atoms with van der Waals surface area (Å²) in [6.45, 7) is 4.09. The molecule has 0 heterocycles. The lowest BCUT2D eigenvalue weighted by Crippen LogP contribution is -2.05. The van der Waals surface area contributed by atoms with Gasteiger partial charge in [0, 0.05) is 11.1 Å². The Morgan fingerprint density at radius 3 is 1.58 bits per heavy atom. The fraction of sp³-hybridized carbons (Fsp3) is 0.381. The maximum absolute atomic E-state index is 13.9. The molecule has 0 aliphatic rings. The number of halogens is 2. The molecule has 0 bridgehead atoms. The summed E-state index contributed by atoms with van der Waals surface area (Å²) >= 11 is 0. The van der Waals surface area contributed by atoms with Crippen LogP contribution in [0, 0.1) is 11.6 Å². The molecule has 0 atom stereocenters. The lowest BCUT2D eigenvalue weighted by atomic mass is 9.96. The summed E-state index contributed by atoms with van der Waals surface area (Å²) in [4.78, 5) is 12.7. The number of unbranched alkanes of at least 4 members (excludes halogenated alkanes) is 2. The van der Waals surface area contributed by atoms with Crippen LogP contribution in [-0.4, -0.2) is 5.78 Å². The quantitative estimate of drug-likeness (QED) is 0.552. The fourth-order valence-corrected chi connectivity index (χ4v) is 2.72. The van der Waals surface area contributed by atoms with Crippen LogP contribution in [-0.2, 0) is 12.8 Å². The van der Waals surface area contributed by atoms with E-state index >= 15 is 0 Å². The number of rotatable bonds is 8. The number of carbonyl (C=O) groups is 1. The zero-order chi connectivity index (χ0) is 17.5. The Kier molecular flexibility index (Phi) is 6.65. The molecule has 0 saturated carbocycles. The van der Waals surface area contributed by atoms with E-state index < -0.39 is 0 Å². The van der Waals surface area contributed by atoms with Gasteiger partial charge >= 0.3 is 0 Å². The Morgan fingerprint density at radius 2 is 1.21 bits per heavy atom. The number of hydrogen-bond acceptors (Lipinski definition) is 1. The Hall–Kier alpha value is -2.03. The van der Waals surface area contributed by atoms with Gasteiger partial charge in [-0.25, -0.2) is 8.78 Å². The molecule has 0 amide bonds. The molecule has 2 rings (SSSR count). The van der Waals surface area contributed by atoms with Crippen LogP contribution in [0.5, 0.6) is 0 Å². The molecule has 24 heavy (non-hydrogen) atoms. The Balaban J connectivity index is 2.28. The summed E-state index contributed by atoms with van der Waals surface area (Å²) in [5.74, 6) is -0.740. The predicted molar refractivity (Wildman–Crippen MR) is 93.5 cm³/mol. The zero-order valence-electron chi connectivity index (χ0n) is 14.4. The van der Waals surface area contributed by atoms with Gasteiger partial charge < -0.3 is 0 Å². The van der Waals surface area contributed by atoms with Crippen LogP contribution in [0.3, 0.4) is 0 Å². The summed E-state index contributed by atoms with van der Waals surface area (Å²) in [6.07, 6.45) is 4.94. The smallest absolute Gasteiger partial charge is 0.193 e. The molecule has 128 valence electrons. The summed E-state index contributed by atoms with van der Waals surface area (Å²) in [7, 11) is 0. The lowest BCUT2D eigenvalue weighted by Gasteiger charge is -2.08. The van der Waals surface area contributed by atoms with E-state index in [1.54, 1.807) is 12.1 Å². The first-order valence-electron chi connectivity index (χ1n) is 8.68. The fourth-order valence-electron chi connectivity index (χ4n) is 2.72. The van der Waals surface area contributed by atoms with Crippen LogP contribution < -0.4 is 0 Å². The normalized spacial score (nSPS) is 10.8. The molecule has 2 aromatic carbocycles. The van der Waals surface area contributed by atoms with Gasteiger partial charge in [-0.15, -0.1) is 0 Å². The molecule has 0 N–H and O–H groups in total. The SMILES string of the molecule is CCCCc1cc(C(=O)c2ccc(F)c(CCCC)c2)ccc1F. The molecule has 0 radical (unpaired) electrons. The number of hydrogen-bond donors (Lipinski definition) is 0. The van der Waals surface area contributed by atoms with Crippen LogP contribution in [0.15, 0.2) is 36.4 Å². The van der Waals surface area contributed by atoms with Crippen molar-refractivity contribution < 1.29 is 13.6 Å². The second kappa shape index (κ2) is 8.72. The number of benzene rings is 2. The van der Waals surface area contributed by atoms with Gasteiger partial charge in [0.15, 0.2) is 5.78 Å².